The molecule has 1 aliphatic rings. The third-order valence-corrected chi connectivity index (χ3v) is 1.56. The van der Waals surface area contributed by atoms with Crippen molar-refractivity contribution in [2.45, 2.75) is 12.8 Å². The largest absolute Gasteiger partial charge is 0.501 e. The Morgan fingerprint density at radius 3 is 2.70 bits per heavy atom. The molecule has 54 valence electrons. The zero-order valence-corrected chi connectivity index (χ0v) is 5.96. The van der Waals surface area contributed by atoms with Gasteiger partial charge in [-0.25, -0.2) is 0 Å². The van der Waals surface area contributed by atoms with Gasteiger partial charge >= 0.3 is 0 Å². The summed E-state index contributed by atoms with van der Waals surface area (Å²) in [4.78, 5) is 10.2. The van der Waals surface area contributed by atoms with E-state index in [1.165, 1.54) is 0 Å². The normalized spacial score (nSPS) is 17.3. The number of ether oxygens (including phenoxy) is 1. The van der Waals surface area contributed by atoms with E-state index in [-0.39, 0.29) is 0 Å². The minimum absolute atomic E-state index is 0.809. The standard InChI is InChI=1S/C8H10O2/c1-10-8-4-2-7(6-9)3-5-8/h2,4,6H,3,5H2,1H3. The molecule has 10 heavy (non-hydrogen) atoms. The van der Waals surface area contributed by atoms with Crippen molar-refractivity contribution in [3.8, 4) is 0 Å². The molecule has 1 rings (SSSR count). The van der Waals surface area contributed by atoms with Crippen molar-refractivity contribution in [3.05, 3.63) is 23.5 Å². The molecule has 0 N–H and O–H groups in total. The van der Waals surface area contributed by atoms with Gasteiger partial charge in [0.05, 0.1) is 12.9 Å². The van der Waals surface area contributed by atoms with E-state index in [0.717, 1.165) is 30.5 Å². The predicted octanol–water partition coefficient (Wildman–Crippen LogP) is 1.44. The van der Waals surface area contributed by atoms with Crippen LogP contribution in [-0.2, 0) is 9.53 Å². The molecule has 0 aromatic heterocycles. The lowest BCUT2D eigenvalue weighted by molar-refractivity contribution is -0.105. The summed E-state index contributed by atoms with van der Waals surface area (Å²) in [5.74, 6) is 0.950. The summed E-state index contributed by atoms with van der Waals surface area (Å²) >= 11 is 0. The first-order valence-corrected chi connectivity index (χ1v) is 3.25. The maximum Gasteiger partial charge on any atom is 0.146 e. The Morgan fingerprint density at radius 1 is 1.50 bits per heavy atom. The van der Waals surface area contributed by atoms with Crippen LogP contribution in [-0.4, -0.2) is 13.4 Å². The van der Waals surface area contributed by atoms with E-state index in [1.807, 2.05) is 6.08 Å². The van der Waals surface area contributed by atoms with Crippen LogP contribution in [0.25, 0.3) is 0 Å². The van der Waals surface area contributed by atoms with Crippen LogP contribution in [0, 0.1) is 0 Å². The molecule has 2 heteroatoms. The van der Waals surface area contributed by atoms with E-state index < -0.39 is 0 Å². The van der Waals surface area contributed by atoms with E-state index in [0.29, 0.717) is 0 Å². The molecule has 0 atom stereocenters. The number of hydrogen-bond acceptors (Lipinski definition) is 2. The molecule has 0 amide bonds. The van der Waals surface area contributed by atoms with Gasteiger partial charge in [-0.3, -0.25) is 4.79 Å². The van der Waals surface area contributed by atoms with E-state index in [1.54, 1.807) is 13.2 Å². The average molecular weight is 138 g/mol. The van der Waals surface area contributed by atoms with Gasteiger partial charge < -0.3 is 4.74 Å². The summed E-state index contributed by atoms with van der Waals surface area (Å²) in [6, 6.07) is 0. The van der Waals surface area contributed by atoms with Crippen LogP contribution in [0.4, 0.5) is 0 Å². The van der Waals surface area contributed by atoms with E-state index in [9.17, 15) is 4.79 Å². The lowest BCUT2D eigenvalue weighted by atomic mass is 10.1. The minimum atomic E-state index is 0.809. The summed E-state index contributed by atoms with van der Waals surface area (Å²) in [6.07, 6.45) is 6.19. The summed E-state index contributed by atoms with van der Waals surface area (Å²) in [7, 11) is 1.64. The molecule has 0 saturated heterocycles. The highest BCUT2D eigenvalue weighted by Gasteiger charge is 2.03. The molecular formula is C8H10O2. The Morgan fingerprint density at radius 2 is 2.30 bits per heavy atom. The fraction of sp³-hybridized carbons (Fsp3) is 0.375. The summed E-state index contributed by atoms with van der Waals surface area (Å²) in [5.41, 5.74) is 0.848. The highest BCUT2D eigenvalue weighted by molar-refractivity contribution is 5.74. The first-order valence-electron chi connectivity index (χ1n) is 3.25. The summed E-state index contributed by atoms with van der Waals surface area (Å²) in [6.45, 7) is 0. The lowest BCUT2D eigenvalue weighted by Crippen LogP contribution is -1.95. The predicted molar refractivity (Wildman–Crippen MR) is 38.5 cm³/mol. The highest BCUT2D eigenvalue weighted by atomic mass is 16.5. The summed E-state index contributed by atoms with van der Waals surface area (Å²) < 4.78 is 4.98. The van der Waals surface area contributed by atoms with Crippen LogP contribution in [0.2, 0.25) is 0 Å². The molecule has 0 spiro atoms. The topological polar surface area (TPSA) is 26.3 Å². The number of methoxy groups -OCH3 is 1. The van der Waals surface area contributed by atoms with Gasteiger partial charge in [-0.2, -0.15) is 0 Å². The van der Waals surface area contributed by atoms with Crippen LogP contribution in [0.1, 0.15) is 12.8 Å². The van der Waals surface area contributed by atoms with E-state index in [2.05, 4.69) is 0 Å². The first kappa shape index (κ1) is 7.06. The van der Waals surface area contributed by atoms with Gasteiger partial charge in [0.15, 0.2) is 0 Å². The third kappa shape index (κ3) is 1.47. The molecule has 0 fully saturated rings. The average Bonchev–Trinajstić information content (AvgIpc) is 2.05. The van der Waals surface area contributed by atoms with Gasteiger partial charge in [0.1, 0.15) is 6.29 Å². The Labute approximate surface area is 60.2 Å². The Kier molecular flexibility index (Phi) is 2.26. The van der Waals surface area contributed by atoms with Crippen molar-refractivity contribution in [2.75, 3.05) is 7.11 Å². The zero-order valence-electron chi connectivity index (χ0n) is 5.96. The quantitative estimate of drug-likeness (QED) is 0.539. The maximum atomic E-state index is 10.2. The fourth-order valence-corrected chi connectivity index (χ4v) is 0.903. The molecule has 0 unspecified atom stereocenters. The molecule has 0 aliphatic heterocycles. The first-order chi connectivity index (χ1) is 4.86. The van der Waals surface area contributed by atoms with Crippen molar-refractivity contribution in [1.82, 2.24) is 0 Å². The van der Waals surface area contributed by atoms with Crippen LogP contribution < -0.4 is 0 Å². The van der Waals surface area contributed by atoms with Gasteiger partial charge in [-0.05, 0) is 18.1 Å². The molecule has 0 saturated carbocycles. The van der Waals surface area contributed by atoms with Crippen LogP contribution in [0.15, 0.2) is 23.5 Å². The number of aldehydes is 1. The zero-order chi connectivity index (χ0) is 7.40. The molecule has 0 radical (unpaired) electrons. The molecule has 0 aromatic carbocycles. The molecule has 0 bridgehead atoms. The second-order valence-electron chi connectivity index (χ2n) is 2.20. The molecular weight excluding hydrogens is 128 g/mol. The fourth-order valence-electron chi connectivity index (χ4n) is 0.903. The lowest BCUT2D eigenvalue weighted by Gasteiger charge is -2.08. The summed E-state index contributed by atoms with van der Waals surface area (Å²) in [5, 5.41) is 0. The van der Waals surface area contributed by atoms with Crippen LogP contribution in [0.5, 0.6) is 0 Å². The van der Waals surface area contributed by atoms with Crippen LogP contribution in [0.3, 0.4) is 0 Å². The number of allylic oxidation sites excluding steroid dienone is 4. The van der Waals surface area contributed by atoms with Crippen molar-refractivity contribution >= 4 is 6.29 Å². The molecule has 1 aliphatic carbocycles. The number of rotatable bonds is 2. The monoisotopic (exact) mass is 138 g/mol. The Hall–Kier alpha value is -1.05. The van der Waals surface area contributed by atoms with Crippen molar-refractivity contribution in [3.63, 3.8) is 0 Å². The Bertz CT molecular complexity index is 189. The molecule has 0 heterocycles. The van der Waals surface area contributed by atoms with Gasteiger partial charge in [0.2, 0.25) is 0 Å². The van der Waals surface area contributed by atoms with Gasteiger partial charge in [-0.15, -0.1) is 0 Å². The number of carbonyl (C=O) groups excluding carboxylic acids is 1. The Balaban J connectivity index is 2.64. The second-order valence-corrected chi connectivity index (χ2v) is 2.20. The molecule has 2 nitrogen and oxygen atoms in total. The SMILES string of the molecule is COC1=CC=C(C=O)CC1. The van der Waals surface area contributed by atoms with Crippen molar-refractivity contribution in [1.29, 1.82) is 0 Å². The highest BCUT2D eigenvalue weighted by Crippen LogP contribution is 2.16. The van der Waals surface area contributed by atoms with Gasteiger partial charge in [0, 0.05) is 6.42 Å². The number of hydrogen-bond donors (Lipinski definition) is 0. The van der Waals surface area contributed by atoms with Gasteiger partial charge in [0.25, 0.3) is 0 Å². The second kappa shape index (κ2) is 3.20. The third-order valence-electron chi connectivity index (χ3n) is 1.56. The van der Waals surface area contributed by atoms with Crippen molar-refractivity contribution < 1.29 is 9.53 Å². The minimum Gasteiger partial charge on any atom is -0.501 e. The number of carbonyl (C=O) groups is 1. The maximum absolute atomic E-state index is 10.2. The van der Waals surface area contributed by atoms with Crippen molar-refractivity contribution in [2.24, 2.45) is 0 Å². The smallest absolute Gasteiger partial charge is 0.146 e. The molecule has 0 aromatic rings. The van der Waals surface area contributed by atoms with E-state index >= 15 is 0 Å². The van der Waals surface area contributed by atoms with Gasteiger partial charge in [-0.1, -0.05) is 6.08 Å². The van der Waals surface area contributed by atoms with Crippen LogP contribution >= 0.6 is 0 Å². The van der Waals surface area contributed by atoms with E-state index in [4.69, 9.17) is 4.74 Å².